The van der Waals surface area contributed by atoms with Gasteiger partial charge < -0.3 is 14.7 Å². The van der Waals surface area contributed by atoms with E-state index in [9.17, 15) is 5.11 Å². The van der Waals surface area contributed by atoms with Gasteiger partial charge in [-0.25, -0.2) is 0 Å². The molecule has 0 bridgehead atoms. The molecule has 0 radical (unpaired) electrons. The Balaban J connectivity index is 1.83. The van der Waals surface area contributed by atoms with Gasteiger partial charge in [-0.15, -0.1) is 0 Å². The Kier molecular flexibility index (Phi) is 5.50. The van der Waals surface area contributed by atoms with Crippen LogP contribution in [0.25, 0.3) is 0 Å². The van der Waals surface area contributed by atoms with Crippen molar-refractivity contribution in [3.63, 3.8) is 0 Å². The van der Waals surface area contributed by atoms with E-state index in [1.54, 1.807) is 0 Å². The summed E-state index contributed by atoms with van der Waals surface area (Å²) in [5.41, 5.74) is 2.81. The fourth-order valence-corrected chi connectivity index (χ4v) is 3.28. The van der Waals surface area contributed by atoms with Crippen LogP contribution in [0, 0.1) is 5.92 Å². The maximum Gasteiger partial charge on any atom is 0.166 e. The summed E-state index contributed by atoms with van der Waals surface area (Å²) >= 11 is 0. The van der Waals surface area contributed by atoms with E-state index in [2.05, 4.69) is 24.3 Å². The van der Waals surface area contributed by atoms with Gasteiger partial charge >= 0.3 is 0 Å². The van der Waals surface area contributed by atoms with Crippen molar-refractivity contribution in [1.29, 1.82) is 0 Å². The summed E-state index contributed by atoms with van der Waals surface area (Å²) in [5.74, 6) is 0.895. The Hall–Kier alpha value is -0.760. The van der Waals surface area contributed by atoms with Crippen LogP contribution in [-0.4, -0.2) is 42.4 Å². The molecule has 108 valence electrons. The second-order valence-corrected chi connectivity index (χ2v) is 5.97. The zero-order valence-electron chi connectivity index (χ0n) is 12.1. The van der Waals surface area contributed by atoms with Crippen LogP contribution >= 0.6 is 0 Å². The summed E-state index contributed by atoms with van der Waals surface area (Å²) in [6.07, 6.45) is 7.84. The van der Waals surface area contributed by atoms with E-state index < -0.39 is 6.10 Å². The third-order valence-corrected chi connectivity index (χ3v) is 4.64. The fraction of sp³-hybridized carbons (Fsp3) is 0.812. The number of aliphatic hydroxyl groups excluding tert-OH is 1. The molecule has 2 aliphatic rings. The Bertz CT molecular complexity index is 330. The molecule has 3 nitrogen and oxygen atoms in total. The molecular weight excluding hydrogens is 238 g/mol. The second-order valence-electron chi connectivity index (χ2n) is 5.97. The van der Waals surface area contributed by atoms with Crippen molar-refractivity contribution in [2.75, 3.05) is 20.2 Å². The standard InChI is InChI=1S/C16H27NO2/c1-3-15(16(18)13-8-5-4-6-9-13)19-12-14-10-7-11-17(14)2/h13-14,16,18H,1,4-12H2,2H3/t14-,16-/m1/s1. The van der Waals surface area contributed by atoms with Gasteiger partial charge in [0.2, 0.25) is 0 Å². The van der Waals surface area contributed by atoms with Gasteiger partial charge in [0.25, 0.3) is 0 Å². The first-order chi connectivity index (χ1) is 9.22. The molecule has 1 heterocycles. The van der Waals surface area contributed by atoms with Crippen LogP contribution in [0.5, 0.6) is 0 Å². The first-order valence-electron chi connectivity index (χ1n) is 7.63. The van der Waals surface area contributed by atoms with Crippen molar-refractivity contribution < 1.29 is 9.84 Å². The normalized spacial score (nSPS) is 26.9. The highest BCUT2D eigenvalue weighted by Gasteiger charge is 2.27. The van der Waals surface area contributed by atoms with Crippen LogP contribution in [0.15, 0.2) is 18.1 Å². The van der Waals surface area contributed by atoms with Crippen LogP contribution < -0.4 is 0 Å². The van der Waals surface area contributed by atoms with E-state index in [0.717, 1.165) is 19.4 Å². The summed E-state index contributed by atoms with van der Waals surface area (Å²) in [7, 11) is 2.13. The number of rotatable bonds is 5. The topological polar surface area (TPSA) is 32.7 Å². The lowest BCUT2D eigenvalue weighted by Crippen LogP contribution is -2.32. The molecule has 1 saturated heterocycles. The molecule has 0 unspecified atom stereocenters. The van der Waals surface area contributed by atoms with Gasteiger partial charge in [0.1, 0.15) is 12.7 Å². The molecule has 2 atom stereocenters. The van der Waals surface area contributed by atoms with Gasteiger partial charge in [0.05, 0.1) is 0 Å². The number of hydrogen-bond donors (Lipinski definition) is 1. The molecule has 1 saturated carbocycles. The number of nitrogens with zero attached hydrogens (tertiary/aromatic N) is 1. The zero-order valence-corrected chi connectivity index (χ0v) is 12.1. The molecule has 2 fully saturated rings. The highest BCUT2D eigenvalue weighted by molar-refractivity contribution is 5.00. The fourth-order valence-electron chi connectivity index (χ4n) is 3.28. The van der Waals surface area contributed by atoms with Crippen molar-refractivity contribution in [2.45, 2.75) is 57.1 Å². The number of likely N-dealkylation sites (N-methyl/N-ethyl adjacent to an activating group) is 1. The van der Waals surface area contributed by atoms with Gasteiger partial charge in [-0.3, -0.25) is 0 Å². The highest BCUT2D eigenvalue weighted by Crippen LogP contribution is 2.29. The Morgan fingerprint density at radius 2 is 2.05 bits per heavy atom. The van der Waals surface area contributed by atoms with Crippen molar-refractivity contribution >= 4 is 0 Å². The predicted octanol–water partition coefficient (Wildman–Crippen LogP) is 2.71. The molecule has 0 aromatic rings. The van der Waals surface area contributed by atoms with Crippen LogP contribution in [0.2, 0.25) is 0 Å². The molecule has 0 amide bonds. The minimum Gasteiger partial charge on any atom is -0.485 e. The molecule has 1 aliphatic carbocycles. The summed E-state index contributed by atoms with van der Waals surface area (Å²) in [6, 6.07) is 0.474. The third-order valence-electron chi connectivity index (χ3n) is 4.64. The van der Waals surface area contributed by atoms with Gasteiger partial charge in [-0.2, -0.15) is 0 Å². The Morgan fingerprint density at radius 1 is 1.32 bits per heavy atom. The largest absolute Gasteiger partial charge is 0.485 e. The molecule has 1 N–H and O–H groups in total. The monoisotopic (exact) mass is 265 g/mol. The molecule has 2 rings (SSSR count). The summed E-state index contributed by atoms with van der Waals surface area (Å²) in [5, 5.41) is 10.4. The minimum absolute atomic E-state index is 0.333. The third kappa shape index (κ3) is 3.85. The molecular formula is C16H27NO2. The maximum absolute atomic E-state index is 10.4. The molecule has 1 aliphatic heterocycles. The lowest BCUT2D eigenvalue weighted by molar-refractivity contribution is 0.0364. The molecule has 19 heavy (non-hydrogen) atoms. The lowest BCUT2D eigenvalue weighted by Gasteiger charge is -2.28. The number of aliphatic hydroxyl groups is 1. The van der Waals surface area contributed by atoms with Gasteiger partial charge in [0.15, 0.2) is 5.76 Å². The van der Waals surface area contributed by atoms with E-state index in [4.69, 9.17) is 4.74 Å². The van der Waals surface area contributed by atoms with E-state index in [0.29, 0.717) is 24.3 Å². The number of likely N-dealkylation sites (tertiary alicyclic amines) is 1. The number of ether oxygens (including phenoxy) is 1. The van der Waals surface area contributed by atoms with Crippen molar-refractivity contribution in [3.8, 4) is 0 Å². The smallest absolute Gasteiger partial charge is 0.166 e. The summed E-state index contributed by atoms with van der Waals surface area (Å²) in [4.78, 5) is 2.33. The minimum atomic E-state index is -0.510. The summed E-state index contributed by atoms with van der Waals surface area (Å²) in [6.45, 7) is 5.48. The Morgan fingerprint density at radius 3 is 2.63 bits per heavy atom. The van der Waals surface area contributed by atoms with Gasteiger partial charge in [-0.05, 0) is 45.2 Å². The van der Waals surface area contributed by atoms with Crippen LogP contribution in [-0.2, 0) is 4.74 Å². The van der Waals surface area contributed by atoms with Crippen molar-refractivity contribution in [3.05, 3.63) is 18.1 Å². The highest BCUT2D eigenvalue weighted by atomic mass is 16.5. The molecule has 0 aromatic heterocycles. The first-order valence-corrected chi connectivity index (χ1v) is 7.63. The second kappa shape index (κ2) is 7.14. The van der Waals surface area contributed by atoms with Crippen LogP contribution in [0.3, 0.4) is 0 Å². The van der Waals surface area contributed by atoms with E-state index in [-0.39, 0.29) is 0 Å². The lowest BCUT2D eigenvalue weighted by atomic mass is 9.84. The quantitative estimate of drug-likeness (QED) is 0.613. The molecule has 0 aromatic carbocycles. The SMILES string of the molecule is C=C=C(OC[C@H]1CCCN1C)[C@H](O)C1CCCCC1. The zero-order chi connectivity index (χ0) is 13.7. The van der Waals surface area contributed by atoms with E-state index in [1.165, 1.54) is 32.1 Å². The van der Waals surface area contributed by atoms with Crippen LogP contribution in [0.4, 0.5) is 0 Å². The molecule has 0 spiro atoms. The maximum atomic E-state index is 10.4. The number of hydrogen-bond acceptors (Lipinski definition) is 3. The average molecular weight is 265 g/mol. The van der Waals surface area contributed by atoms with Crippen molar-refractivity contribution in [2.24, 2.45) is 5.92 Å². The van der Waals surface area contributed by atoms with Gasteiger partial charge in [0, 0.05) is 6.04 Å². The van der Waals surface area contributed by atoms with Gasteiger partial charge in [-0.1, -0.05) is 31.6 Å². The van der Waals surface area contributed by atoms with E-state index in [1.807, 2.05) is 0 Å². The van der Waals surface area contributed by atoms with Crippen LogP contribution in [0.1, 0.15) is 44.9 Å². The molecule has 3 heteroatoms. The van der Waals surface area contributed by atoms with E-state index >= 15 is 0 Å². The summed E-state index contributed by atoms with van der Waals surface area (Å²) < 4.78 is 5.81. The average Bonchev–Trinajstić information content (AvgIpc) is 2.86. The first kappa shape index (κ1) is 14.6. The van der Waals surface area contributed by atoms with Crippen molar-refractivity contribution in [1.82, 2.24) is 4.90 Å². The predicted molar refractivity (Wildman–Crippen MR) is 76.8 cm³/mol. The Labute approximate surface area is 116 Å².